The van der Waals surface area contributed by atoms with Crippen LogP contribution in [0.25, 0.3) is 10.4 Å². The fourth-order valence-electron chi connectivity index (χ4n) is 0.812. The van der Waals surface area contributed by atoms with Gasteiger partial charge in [0.25, 0.3) is 0 Å². The molecule has 0 aromatic heterocycles. The third-order valence-electron chi connectivity index (χ3n) is 2.02. The summed E-state index contributed by atoms with van der Waals surface area (Å²) in [6, 6.07) is 0. The minimum Gasteiger partial charge on any atom is -0.259 e. The summed E-state index contributed by atoms with van der Waals surface area (Å²) in [6.45, 7) is 6.58. The van der Waals surface area contributed by atoms with E-state index in [0.29, 0.717) is 24.6 Å². The van der Waals surface area contributed by atoms with Crippen molar-refractivity contribution in [3.05, 3.63) is 10.4 Å². The van der Waals surface area contributed by atoms with Gasteiger partial charge >= 0.3 is 0 Å². The van der Waals surface area contributed by atoms with Gasteiger partial charge in [-0.3, -0.25) is 4.21 Å². The van der Waals surface area contributed by atoms with Gasteiger partial charge in [-0.2, -0.15) is 0 Å². The molecule has 0 fully saturated rings. The molecular formula is C8H17N3OS. The van der Waals surface area contributed by atoms with E-state index in [1.54, 1.807) is 0 Å². The van der Waals surface area contributed by atoms with Gasteiger partial charge in [0, 0.05) is 33.3 Å². The summed E-state index contributed by atoms with van der Waals surface area (Å²) < 4.78 is 11.5. The average molecular weight is 203 g/mol. The molecule has 2 atom stereocenters. The van der Waals surface area contributed by atoms with Crippen molar-refractivity contribution in [2.45, 2.75) is 32.4 Å². The van der Waals surface area contributed by atoms with Crippen LogP contribution in [0, 0.1) is 5.92 Å². The quantitative estimate of drug-likeness (QED) is 0.283. The van der Waals surface area contributed by atoms with Crippen LogP contribution in [0.15, 0.2) is 5.11 Å². The summed E-state index contributed by atoms with van der Waals surface area (Å²) in [6.07, 6.45) is 0.716. The second kappa shape index (κ2) is 6.92. The average Bonchev–Trinajstić information content (AvgIpc) is 2.10. The van der Waals surface area contributed by atoms with Crippen LogP contribution in [-0.4, -0.2) is 21.8 Å². The van der Waals surface area contributed by atoms with E-state index in [-0.39, 0.29) is 5.25 Å². The molecule has 0 saturated carbocycles. The predicted octanol–water partition coefficient (Wildman–Crippen LogP) is 2.48. The number of hydrogen-bond acceptors (Lipinski definition) is 2. The second-order valence-electron chi connectivity index (χ2n) is 3.34. The van der Waals surface area contributed by atoms with Gasteiger partial charge in [-0.1, -0.05) is 25.9 Å². The third-order valence-corrected chi connectivity index (χ3v) is 4.09. The molecule has 0 saturated heterocycles. The highest BCUT2D eigenvalue weighted by Gasteiger charge is 2.13. The largest absolute Gasteiger partial charge is 0.259 e. The number of hydrogen-bond donors (Lipinski definition) is 0. The lowest BCUT2D eigenvalue weighted by Gasteiger charge is -2.14. The van der Waals surface area contributed by atoms with E-state index in [0.717, 1.165) is 0 Å². The molecule has 0 spiro atoms. The summed E-state index contributed by atoms with van der Waals surface area (Å²) in [5, 5.41) is 3.62. The van der Waals surface area contributed by atoms with E-state index in [2.05, 4.69) is 23.9 Å². The van der Waals surface area contributed by atoms with Crippen LogP contribution in [0.2, 0.25) is 0 Å². The molecule has 0 aliphatic rings. The smallest absolute Gasteiger partial charge is 0.0342 e. The number of nitrogens with zero attached hydrogens (tertiary/aromatic N) is 3. The first-order valence-corrected chi connectivity index (χ1v) is 5.85. The van der Waals surface area contributed by atoms with Gasteiger partial charge in [0.1, 0.15) is 0 Å². The van der Waals surface area contributed by atoms with E-state index < -0.39 is 10.8 Å². The van der Waals surface area contributed by atoms with Crippen molar-refractivity contribution in [1.82, 2.24) is 0 Å². The molecular weight excluding hydrogens is 186 g/mol. The molecule has 76 valence electrons. The highest BCUT2D eigenvalue weighted by Crippen LogP contribution is 2.09. The van der Waals surface area contributed by atoms with Crippen LogP contribution in [0.1, 0.15) is 27.2 Å². The summed E-state index contributed by atoms with van der Waals surface area (Å²) in [5.41, 5.74) is 8.01. The van der Waals surface area contributed by atoms with Crippen molar-refractivity contribution in [1.29, 1.82) is 0 Å². The van der Waals surface area contributed by atoms with Gasteiger partial charge in [0.15, 0.2) is 0 Å². The third kappa shape index (κ3) is 5.66. The number of azide groups is 1. The minimum absolute atomic E-state index is 0.228. The van der Waals surface area contributed by atoms with Crippen molar-refractivity contribution in [2.75, 3.05) is 12.3 Å². The first-order chi connectivity index (χ1) is 6.09. The molecule has 2 unspecified atom stereocenters. The van der Waals surface area contributed by atoms with Crippen molar-refractivity contribution in [2.24, 2.45) is 11.0 Å². The van der Waals surface area contributed by atoms with Crippen LogP contribution < -0.4 is 0 Å². The van der Waals surface area contributed by atoms with Gasteiger partial charge in [-0.15, -0.1) is 0 Å². The molecule has 0 N–H and O–H groups in total. The van der Waals surface area contributed by atoms with Gasteiger partial charge < -0.3 is 0 Å². The maximum atomic E-state index is 11.5. The molecule has 0 bridgehead atoms. The van der Waals surface area contributed by atoms with Crippen LogP contribution in [0.4, 0.5) is 0 Å². The Balaban J connectivity index is 3.68. The standard InChI is InChI=1S/C8H17N3OS/c1-7(2)8(3)13(12)6-4-5-10-11-9/h7-8H,4-6H2,1-3H3. The zero-order valence-corrected chi connectivity index (χ0v) is 9.25. The van der Waals surface area contributed by atoms with Gasteiger partial charge in [-0.25, -0.2) is 0 Å². The van der Waals surface area contributed by atoms with Gasteiger partial charge in [0.05, 0.1) is 0 Å². The second-order valence-corrected chi connectivity index (χ2v) is 5.26. The van der Waals surface area contributed by atoms with E-state index in [4.69, 9.17) is 5.53 Å². The molecule has 5 heteroatoms. The monoisotopic (exact) mass is 203 g/mol. The molecule has 0 aromatic rings. The maximum Gasteiger partial charge on any atom is 0.0342 e. The molecule has 0 rings (SSSR count). The lowest BCUT2D eigenvalue weighted by molar-refractivity contribution is 0.604. The fraction of sp³-hybridized carbons (Fsp3) is 1.00. The maximum absolute atomic E-state index is 11.5. The van der Waals surface area contributed by atoms with Crippen LogP contribution in [0.3, 0.4) is 0 Å². The van der Waals surface area contributed by atoms with Gasteiger partial charge in [0.2, 0.25) is 0 Å². The van der Waals surface area contributed by atoms with Crippen LogP contribution in [0.5, 0.6) is 0 Å². The van der Waals surface area contributed by atoms with E-state index in [1.165, 1.54) is 0 Å². The SMILES string of the molecule is CC(C)C(C)S(=O)CCCN=[N+]=[N-]. The summed E-state index contributed by atoms with van der Waals surface area (Å²) in [5.74, 6) is 1.08. The first kappa shape index (κ1) is 12.5. The zero-order valence-electron chi connectivity index (χ0n) is 8.43. The van der Waals surface area contributed by atoms with E-state index in [1.807, 2.05) is 6.92 Å². The van der Waals surface area contributed by atoms with E-state index in [9.17, 15) is 4.21 Å². The highest BCUT2D eigenvalue weighted by molar-refractivity contribution is 7.85. The summed E-state index contributed by atoms with van der Waals surface area (Å²) in [4.78, 5) is 2.64. The van der Waals surface area contributed by atoms with Crippen LogP contribution >= 0.6 is 0 Å². The van der Waals surface area contributed by atoms with Gasteiger partial charge in [-0.05, 0) is 17.9 Å². The van der Waals surface area contributed by atoms with Crippen molar-refractivity contribution in [3.8, 4) is 0 Å². The lowest BCUT2D eigenvalue weighted by atomic mass is 10.2. The van der Waals surface area contributed by atoms with Crippen molar-refractivity contribution >= 4 is 10.8 Å². The lowest BCUT2D eigenvalue weighted by Crippen LogP contribution is -2.20. The van der Waals surface area contributed by atoms with E-state index >= 15 is 0 Å². The Morgan fingerprint density at radius 1 is 1.46 bits per heavy atom. The molecule has 0 amide bonds. The molecule has 0 aliphatic carbocycles. The molecule has 0 aromatic carbocycles. The Labute approximate surface area is 81.8 Å². The Morgan fingerprint density at radius 2 is 2.08 bits per heavy atom. The molecule has 0 aliphatic heterocycles. The molecule has 0 heterocycles. The minimum atomic E-state index is -0.782. The van der Waals surface area contributed by atoms with Crippen molar-refractivity contribution < 1.29 is 4.21 Å². The fourth-order valence-corrected chi connectivity index (χ4v) is 2.20. The Kier molecular flexibility index (Phi) is 6.63. The van der Waals surface area contributed by atoms with Crippen molar-refractivity contribution in [3.63, 3.8) is 0 Å². The topological polar surface area (TPSA) is 65.8 Å². The normalized spacial score (nSPS) is 15.1. The first-order valence-electron chi connectivity index (χ1n) is 4.47. The molecule has 13 heavy (non-hydrogen) atoms. The predicted molar refractivity (Wildman–Crippen MR) is 55.9 cm³/mol. The summed E-state index contributed by atoms with van der Waals surface area (Å²) >= 11 is 0. The Bertz CT molecular complexity index is 211. The zero-order chi connectivity index (χ0) is 10.3. The Hall–Kier alpha value is -0.540. The summed E-state index contributed by atoms with van der Waals surface area (Å²) in [7, 11) is -0.782. The Morgan fingerprint density at radius 3 is 2.54 bits per heavy atom. The van der Waals surface area contributed by atoms with Crippen LogP contribution in [-0.2, 0) is 10.8 Å². The molecule has 0 radical (unpaired) electrons. The number of rotatable bonds is 6. The highest BCUT2D eigenvalue weighted by atomic mass is 32.2. The molecule has 4 nitrogen and oxygen atoms in total.